The van der Waals surface area contributed by atoms with Gasteiger partial charge in [-0.2, -0.15) is 0 Å². The first kappa shape index (κ1) is 15.0. The molecule has 0 atom stereocenters. The molecule has 0 bridgehead atoms. The zero-order valence-corrected chi connectivity index (χ0v) is 12.8. The quantitative estimate of drug-likeness (QED) is 0.930. The number of halogens is 1. The third-order valence-electron chi connectivity index (χ3n) is 3.40. The summed E-state index contributed by atoms with van der Waals surface area (Å²) < 4.78 is 11.1. The van der Waals surface area contributed by atoms with Crippen molar-refractivity contribution in [2.45, 2.75) is 39.2 Å². The van der Waals surface area contributed by atoms with Gasteiger partial charge in [0.2, 0.25) is 0 Å². The van der Waals surface area contributed by atoms with Crippen LogP contribution in [0, 0.1) is 0 Å². The first-order chi connectivity index (χ1) is 9.43. The maximum absolute atomic E-state index is 12.3. The molecule has 0 radical (unpaired) electrons. The van der Waals surface area contributed by atoms with Crippen LogP contribution in [0.15, 0.2) is 12.1 Å². The zero-order chi connectivity index (χ0) is 14.8. The lowest BCUT2D eigenvalue weighted by Gasteiger charge is -2.24. The summed E-state index contributed by atoms with van der Waals surface area (Å²) in [6, 6.07) is 3.31. The highest BCUT2D eigenvalue weighted by molar-refractivity contribution is 6.32. The third-order valence-corrected chi connectivity index (χ3v) is 3.68. The number of fused-ring (bicyclic) bond motifs is 1. The van der Waals surface area contributed by atoms with E-state index in [1.165, 1.54) is 0 Å². The molecular weight excluding hydrogens is 278 g/mol. The summed E-state index contributed by atoms with van der Waals surface area (Å²) in [6.07, 6.45) is 1.65. The minimum absolute atomic E-state index is 0.158. The van der Waals surface area contributed by atoms with Gasteiger partial charge < -0.3 is 14.8 Å². The first-order valence-electron chi connectivity index (χ1n) is 6.84. The Kier molecular flexibility index (Phi) is 4.43. The van der Waals surface area contributed by atoms with Crippen LogP contribution in [0.1, 0.15) is 44.0 Å². The van der Waals surface area contributed by atoms with Crippen LogP contribution in [-0.2, 0) is 0 Å². The van der Waals surface area contributed by atoms with Gasteiger partial charge in [-0.1, -0.05) is 18.5 Å². The Labute approximate surface area is 124 Å². The van der Waals surface area contributed by atoms with E-state index in [-0.39, 0.29) is 11.4 Å². The van der Waals surface area contributed by atoms with Crippen molar-refractivity contribution in [3.8, 4) is 11.5 Å². The summed E-state index contributed by atoms with van der Waals surface area (Å²) in [5.41, 5.74) is 0.231. The van der Waals surface area contributed by atoms with E-state index in [0.717, 1.165) is 12.8 Å². The van der Waals surface area contributed by atoms with E-state index < -0.39 is 0 Å². The van der Waals surface area contributed by atoms with Crippen molar-refractivity contribution in [1.29, 1.82) is 0 Å². The van der Waals surface area contributed by atoms with Crippen LogP contribution in [0.25, 0.3) is 0 Å². The van der Waals surface area contributed by atoms with Crippen molar-refractivity contribution in [1.82, 2.24) is 5.32 Å². The molecule has 1 aromatic rings. The summed E-state index contributed by atoms with van der Waals surface area (Å²) in [6.45, 7) is 7.13. The predicted molar refractivity (Wildman–Crippen MR) is 78.9 cm³/mol. The van der Waals surface area contributed by atoms with Crippen molar-refractivity contribution in [2.24, 2.45) is 0 Å². The van der Waals surface area contributed by atoms with Crippen molar-refractivity contribution in [2.75, 3.05) is 13.2 Å². The number of hydrogen-bond donors (Lipinski definition) is 1. The summed E-state index contributed by atoms with van der Waals surface area (Å²) in [5.74, 6) is 0.902. The van der Waals surface area contributed by atoms with Crippen LogP contribution >= 0.6 is 11.6 Å². The predicted octanol–water partition coefficient (Wildman–Crippen LogP) is 3.42. The van der Waals surface area contributed by atoms with E-state index in [1.807, 2.05) is 20.8 Å². The molecular formula is C15H20ClNO3. The number of ether oxygens (including phenoxy) is 2. The topological polar surface area (TPSA) is 47.6 Å². The zero-order valence-electron chi connectivity index (χ0n) is 12.1. The Bertz CT molecular complexity index is 514. The van der Waals surface area contributed by atoms with Gasteiger partial charge in [0.15, 0.2) is 11.5 Å². The Hall–Kier alpha value is -1.42. The standard InChI is InChI=1S/C15H20ClNO3/c1-4-15(2,3)17-14(18)10-8-11(16)13-12(9-10)19-6-5-7-20-13/h8-9H,4-7H2,1-3H3,(H,17,18). The molecule has 0 aromatic heterocycles. The fraction of sp³-hybridized carbons (Fsp3) is 0.533. The lowest BCUT2D eigenvalue weighted by atomic mass is 10.0. The van der Waals surface area contributed by atoms with Gasteiger partial charge in [0, 0.05) is 17.5 Å². The molecule has 1 aromatic carbocycles. The molecule has 110 valence electrons. The van der Waals surface area contributed by atoms with E-state index in [4.69, 9.17) is 21.1 Å². The van der Waals surface area contributed by atoms with Crippen LogP contribution < -0.4 is 14.8 Å². The summed E-state index contributed by atoms with van der Waals surface area (Å²) >= 11 is 6.18. The van der Waals surface area contributed by atoms with E-state index >= 15 is 0 Å². The molecule has 0 saturated heterocycles. The fourth-order valence-corrected chi connectivity index (χ4v) is 2.10. The van der Waals surface area contributed by atoms with E-state index in [2.05, 4.69) is 5.32 Å². The van der Waals surface area contributed by atoms with Crippen LogP contribution in [0.3, 0.4) is 0 Å². The highest BCUT2D eigenvalue weighted by atomic mass is 35.5. The van der Waals surface area contributed by atoms with Crippen LogP contribution in [0.2, 0.25) is 5.02 Å². The first-order valence-corrected chi connectivity index (χ1v) is 7.22. The van der Waals surface area contributed by atoms with Gasteiger partial charge >= 0.3 is 0 Å². The van der Waals surface area contributed by atoms with Gasteiger partial charge in [-0.25, -0.2) is 0 Å². The Morgan fingerprint density at radius 2 is 2.05 bits per heavy atom. The minimum atomic E-state index is -0.256. The van der Waals surface area contributed by atoms with Gasteiger partial charge in [0.05, 0.1) is 18.2 Å². The number of hydrogen-bond acceptors (Lipinski definition) is 3. The molecule has 20 heavy (non-hydrogen) atoms. The smallest absolute Gasteiger partial charge is 0.251 e. The van der Waals surface area contributed by atoms with Crippen LogP contribution in [-0.4, -0.2) is 24.7 Å². The summed E-state index contributed by atoms with van der Waals surface area (Å²) in [5, 5.41) is 3.38. The number of carbonyl (C=O) groups excluding carboxylic acids is 1. The molecule has 0 unspecified atom stereocenters. The SMILES string of the molecule is CCC(C)(C)NC(=O)c1cc(Cl)c2c(c1)OCCCO2. The lowest BCUT2D eigenvalue weighted by Crippen LogP contribution is -2.42. The van der Waals surface area contributed by atoms with E-state index in [9.17, 15) is 4.79 Å². The van der Waals surface area contributed by atoms with Crippen molar-refractivity contribution in [3.05, 3.63) is 22.7 Å². The van der Waals surface area contributed by atoms with Crippen LogP contribution in [0.5, 0.6) is 11.5 Å². The maximum Gasteiger partial charge on any atom is 0.251 e. The number of rotatable bonds is 3. The van der Waals surface area contributed by atoms with Gasteiger partial charge in [-0.05, 0) is 32.4 Å². The van der Waals surface area contributed by atoms with Crippen LogP contribution in [0.4, 0.5) is 0 Å². The highest BCUT2D eigenvalue weighted by Crippen LogP contribution is 2.38. The van der Waals surface area contributed by atoms with Crippen molar-refractivity contribution in [3.63, 3.8) is 0 Å². The fourth-order valence-electron chi connectivity index (χ4n) is 1.83. The molecule has 4 nitrogen and oxygen atoms in total. The molecule has 0 saturated carbocycles. The van der Waals surface area contributed by atoms with Gasteiger partial charge in [-0.15, -0.1) is 0 Å². The second-order valence-corrected chi connectivity index (χ2v) is 5.93. The molecule has 1 amide bonds. The van der Waals surface area contributed by atoms with Gasteiger partial charge in [-0.3, -0.25) is 4.79 Å². The van der Waals surface area contributed by atoms with Gasteiger partial charge in [0.25, 0.3) is 5.91 Å². The summed E-state index contributed by atoms with van der Waals surface area (Å²) in [7, 11) is 0. The number of nitrogens with one attached hydrogen (secondary N) is 1. The lowest BCUT2D eigenvalue weighted by molar-refractivity contribution is 0.0911. The number of carbonyl (C=O) groups is 1. The molecule has 0 spiro atoms. The highest BCUT2D eigenvalue weighted by Gasteiger charge is 2.22. The molecule has 2 rings (SSSR count). The molecule has 5 heteroatoms. The third kappa shape index (κ3) is 3.37. The Morgan fingerprint density at radius 3 is 2.75 bits per heavy atom. The molecule has 0 aliphatic carbocycles. The number of amides is 1. The minimum Gasteiger partial charge on any atom is -0.489 e. The average Bonchev–Trinajstić information content (AvgIpc) is 2.63. The normalized spacial score (nSPS) is 14.6. The Balaban J connectivity index is 2.27. The molecule has 1 aliphatic rings. The Morgan fingerprint density at radius 1 is 1.35 bits per heavy atom. The maximum atomic E-state index is 12.3. The van der Waals surface area contributed by atoms with E-state index in [1.54, 1.807) is 12.1 Å². The molecule has 1 aliphatic heterocycles. The summed E-state index contributed by atoms with van der Waals surface area (Å²) in [4.78, 5) is 12.3. The largest absolute Gasteiger partial charge is 0.489 e. The average molecular weight is 298 g/mol. The van der Waals surface area contributed by atoms with Crippen molar-refractivity contribution >= 4 is 17.5 Å². The number of benzene rings is 1. The van der Waals surface area contributed by atoms with Gasteiger partial charge in [0.1, 0.15) is 0 Å². The van der Waals surface area contributed by atoms with E-state index in [0.29, 0.717) is 35.3 Å². The molecule has 0 fully saturated rings. The second kappa shape index (κ2) is 5.92. The second-order valence-electron chi connectivity index (χ2n) is 5.53. The monoisotopic (exact) mass is 297 g/mol. The molecule has 1 N–H and O–H groups in total. The van der Waals surface area contributed by atoms with Crippen molar-refractivity contribution < 1.29 is 14.3 Å². The molecule has 1 heterocycles.